The van der Waals surface area contributed by atoms with Gasteiger partial charge in [-0.1, -0.05) is 57.9 Å². The smallest absolute Gasteiger partial charge is 0.244 e. The minimum atomic E-state index is -3.56. The molecule has 9 heteroatoms. The second-order valence-electron chi connectivity index (χ2n) is 8.69. The number of ether oxygens (including phenoxy) is 1. The number of halogens is 3. The summed E-state index contributed by atoms with van der Waals surface area (Å²) >= 11 is 13.0. The molecule has 186 valence electrons. The Kier molecular flexibility index (Phi) is 8.61. The van der Waals surface area contributed by atoms with Crippen LogP contribution in [-0.2, 0) is 23.2 Å². The minimum Gasteiger partial charge on any atom is -0.488 e. The molecule has 0 radical (unpaired) electrons. The first kappa shape index (κ1) is 26.6. The first-order valence-corrected chi connectivity index (χ1v) is 14.7. The van der Waals surface area contributed by atoms with Gasteiger partial charge in [0.05, 0.1) is 4.90 Å². The van der Waals surface area contributed by atoms with Crippen LogP contribution in [0.2, 0.25) is 5.02 Å². The molecule has 35 heavy (non-hydrogen) atoms. The van der Waals surface area contributed by atoms with Crippen molar-refractivity contribution in [3.63, 3.8) is 0 Å². The summed E-state index contributed by atoms with van der Waals surface area (Å²) in [4.78, 5) is 2.58. The number of nitrogens with zero attached hydrogens (tertiary/aromatic N) is 2. The normalized spacial score (nSPS) is 15.3. The Morgan fingerprint density at radius 2 is 1.60 bits per heavy atom. The van der Waals surface area contributed by atoms with Gasteiger partial charge in [0.15, 0.2) is 0 Å². The number of piperazine rings is 1. The summed E-state index contributed by atoms with van der Waals surface area (Å²) in [5.41, 5.74) is 4.30. The van der Waals surface area contributed by atoms with E-state index in [4.69, 9.17) is 16.3 Å². The van der Waals surface area contributed by atoms with Crippen LogP contribution in [0.4, 0.5) is 0 Å². The number of rotatable bonds is 7. The molecule has 0 N–H and O–H groups in total. The molecule has 1 saturated heterocycles. The third-order valence-corrected chi connectivity index (χ3v) is 9.85. The van der Waals surface area contributed by atoms with E-state index >= 15 is 0 Å². The standard InChI is InChI=1S/C26H27Br2ClN2O3S/c1-18-13-20(14-19(2)26(18)34-17-21-5-3-4-6-24(21)29)16-30-9-11-31(12-10-30)35(32,33)25-15-22(27)7-8-23(25)28/h3-8,13-15H,9-12,16-17H2,1-2H3. The average molecular weight is 643 g/mol. The molecule has 1 aliphatic rings. The molecule has 1 aliphatic heterocycles. The molecule has 3 aromatic carbocycles. The Hall–Kier alpha value is -1.42. The van der Waals surface area contributed by atoms with Gasteiger partial charge in [-0.15, -0.1) is 0 Å². The van der Waals surface area contributed by atoms with Gasteiger partial charge in [0.2, 0.25) is 10.0 Å². The zero-order chi connectivity index (χ0) is 25.2. The van der Waals surface area contributed by atoms with Gasteiger partial charge in [0, 0.05) is 52.3 Å². The molecular weight excluding hydrogens is 616 g/mol. The van der Waals surface area contributed by atoms with Crippen molar-refractivity contribution in [1.82, 2.24) is 9.21 Å². The third-order valence-electron chi connectivity index (χ3n) is 6.10. The molecule has 0 spiro atoms. The van der Waals surface area contributed by atoms with Crippen molar-refractivity contribution in [2.24, 2.45) is 0 Å². The van der Waals surface area contributed by atoms with Crippen molar-refractivity contribution in [1.29, 1.82) is 0 Å². The monoisotopic (exact) mass is 640 g/mol. The Bertz CT molecular complexity index is 1300. The first-order chi connectivity index (χ1) is 16.6. The summed E-state index contributed by atoms with van der Waals surface area (Å²) in [6.45, 7) is 7.56. The number of sulfonamides is 1. The predicted octanol–water partition coefficient (Wildman–Crippen LogP) is 6.57. The number of benzene rings is 3. The van der Waals surface area contributed by atoms with E-state index in [0.717, 1.165) is 33.5 Å². The van der Waals surface area contributed by atoms with Gasteiger partial charge in [-0.3, -0.25) is 4.90 Å². The van der Waals surface area contributed by atoms with Crippen LogP contribution in [0.15, 0.2) is 68.4 Å². The van der Waals surface area contributed by atoms with Crippen LogP contribution in [0, 0.1) is 13.8 Å². The van der Waals surface area contributed by atoms with E-state index in [2.05, 4.69) is 62.7 Å². The average Bonchev–Trinajstić information content (AvgIpc) is 2.81. The highest BCUT2D eigenvalue weighted by molar-refractivity contribution is 9.11. The summed E-state index contributed by atoms with van der Waals surface area (Å²) in [6.07, 6.45) is 0. The van der Waals surface area contributed by atoms with Gasteiger partial charge < -0.3 is 4.74 Å². The van der Waals surface area contributed by atoms with E-state index in [-0.39, 0.29) is 0 Å². The summed E-state index contributed by atoms with van der Waals surface area (Å²) in [6, 6.07) is 17.2. The van der Waals surface area contributed by atoms with Crippen molar-refractivity contribution in [3.8, 4) is 5.75 Å². The van der Waals surface area contributed by atoms with E-state index in [0.29, 0.717) is 47.2 Å². The summed E-state index contributed by atoms with van der Waals surface area (Å²) in [5, 5.41) is 0.702. The van der Waals surface area contributed by atoms with E-state index in [1.165, 1.54) is 5.56 Å². The van der Waals surface area contributed by atoms with Gasteiger partial charge in [-0.2, -0.15) is 4.31 Å². The van der Waals surface area contributed by atoms with Crippen molar-refractivity contribution in [3.05, 3.63) is 90.8 Å². The zero-order valence-corrected chi connectivity index (χ0v) is 24.3. The lowest BCUT2D eigenvalue weighted by molar-refractivity contribution is 0.181. The summed E-state index contributed by atoms with van der Waals surface area (Å²) < 4.78 is 35.3. The molecule has 0 unspecified atom stereocenters. The van der Waals surface area contributed by atoms with Crippen molar-refractivity contribution in [2.45, 2.75) is 31.9 Å². The van der Waals surface area contributed by atoms with Crippen LogP contribution in [0.1, 0.15) is 22.3 Å². The Balaban J connectivity index is 1.38. The minimum absolute atomic E-state index is 0.291. The zero-order valence-electron chi connectivity index (χ0n) is 19.6. The highest BCUT2D eigenvalue weighted by Gasteiger charge is 2.30. The van der Waals surface area contributed by atoms with E-state index in [9.17, 15) is 8.42 Å². The summed E-state index contributed by atoms with van der Waals surface area (Å²) in [5.74, 6) is 0.879. The molecule has 1 fully saturated rings. The van der Waals surface area contributed by atoms with Crippen LogP contribution >= 0.6 is 43.5 Å². The topological polar surface area (TPSA) is 49.9 Å². The third kappa shape index (κ3) is 6.29. The largest absolute Gasteiger partial charge is 0.488 e. The van der Waals surface area contributed by atoms with E-state index in [1.807, 2.05) is 30.3 Å². The van der Waals surface area contributed by atoms with Gasteiger partial charge in [0.1, 0.15) is 12.4 Å². The van der Waals surface area contributed by atoms with Crippen LogP contribution < -0.4 is 4.74 Å². The molecule has 3 aromatic rings. The molecule has 0 atom stereocenters. The lowest BCUT2D eigenvalue weighted by atomic mass is 10.0. The SMILES string of the molecule is Cc1cc(CN2CCN(S(=O)(=O)c3cc(Br)ccc3Br)CC2)cc(C)c1OCc1ccccc1Cl. The maximum Gasteiger partial charge on any atom is 0.244 e. The van der Waals surface area contributed by atoms with E-state index in [1.54, 1.807) is 16.4 Å². The van der Waals surface area contributed by atoms with Crippen LogP contribution in [-0.4, -0.2) is 43.8 Å². The highest BCUT2D eigenvalue weighted by Crippen LogP contribution is 2.30. The maximum atomic E-state index is 13.2. The predicted molar refractivity (Wildman–Crippen MR) is 148 cm³/mol. The fourth-order valence-corrected chi connectivity index (χ4v) is 7.40. The molecule has 5 nitrogen and oxygen atoms in total. The Labute approximate surface area is 229 Å². The van der Waals surface area contributed by atoms with Gasteiger partial charge in [-0.05, 0) is 70.7 Å². The second-order valence-corrected chi connectivity index (χ2v) is 12.8. The number of aryl methyl sites for hydroxylation is 2. The molecular formula is C26H27Br2ClN2O3S. The lowest BCUT2D eigenvalue weighted by Crippen LogP contribution is -2.48. The molecule has 4 rings (SSSR count). The summed E-state index contributed by atoms with van der Waals surface area (Å²) in [7, 11) is -3.56. The van der Waals surface area contributed by atoms with Crippen LogP contribution in [0.25, 0.3) is 0 Å². The number of hydrogen-bond acceptors (Lipinski definition) is 4. The molecule has 0 bridgehead atoms. The van der Waals surface area contributed by atoms with Crippen molar-refractivity contribution < 1.29 is 13.2 Å². The van der Waals surface area contributed by atoms with Crippen molar-refractivity contribution >= 4 is 53.5 Å². The molecule has 1 heterocycles. The number of hydrogen-bond donors (Lipinski definition) is 0. The maximum absolute atomic E-state index is 13.2. The van der Waals surface area contributed by atoms with E-state index < -0.39 is 10.0 Å². The molecule has 0 saturated carbocycles. The fraction of sp³-hybridized carbons (Fsp3) is 0.308. The molecule has 0 aliphatic carbocycles. The highest BCUT2D eigenvalue weighted by atomic mass is 79.9. The Morgan fingerprint density at radius 1 is 0.943 bits per heavy atom. The Morgan fingerprint density at radius 3 is 2.26 bits per heavy atom. The quantitative estimate of drug-likeness (QED) is 0.293. The van der Waals surface area contributed by atoms with Gasteiger partial charge >= 0.3 is 0 Å². The lowest BCUT2D eigenvalue weighted by Gasteiger charge is -2.34. The van der Waals surface area contributed by atoms with Gasteiger partial charge in [0.25, 0.3) is 0 Å². The second kappa shape index (κ2) is 11.3. The fourth-order valence-electron chi connectivity index (χ4n) is 4.32. The first-order valence-electron chi connectivity index (χ1n) is 11.3. The molecule has 0 aromatic heterocycles. The van der Waals surface area contributed by atoms with Crippen LogP contribution in [0.5, 0.6) is 5.75 Å². The van der Waals surface area contributed by atoms with Gasteiger partial charge in [-0.25, -0.2) is 8.42 Å². The van der Waals surface area contributed by atoms with Crippen LogP contribution in [0.3, 0.4) is 0 Å². The van der Waals surface area contributed by atoms with Crippen molar-refractivity contribution in [2.75, 3.05) is 26.2 Å². The molecule has 0 amide bonds.